The van der Waals surface area contributed by atoms with E-state index in [9.17, 15) is 9.59 Å². The van der Waals surface area contributed by atoms with E-state index in [1.165, 1.54) is 17.5 Å². The van der Waals surface area contributed by atoms with Crippen LogP contribution in [0.1, 0.15) is 66.8 Å². The maximum atomic E-state index is 13.7. The van der Waals surface area contributed by atoms with E-state index < -0.39 is 5.41 Å². The SMILES string of the molecule is Cc1ccc(C23CC4CC(CC(C(=O)OCC(=O)NC(c5ccccc5)c5ccccc5)(C4)C2)C3)cc1. The standard InChI is InChI=1S/C33H35NO3/c1-23-12-14-28(15-13-23)32-17-24-16-25(18-32)20-33(19-24,22-32)31(36)37-21-29(35)34-30(26-8-4-2-5-9-26)27-10-6-3-7-11-27/h2-15,24-25,30H,16-22H2,1H3,(H,34,35). The number of carbonyl (C=O) groups is 2. The van der Waals surface area contributed by atoms with Crippen LogP contribution < -0.4 is 5.32 Å². The van der Waals surface area contributed by atoms with Gasteiger partial charge in [0.2, 0.25) is 0 Å². The first kappa shape index (κ1) is 24.0. The Labute approximate surface area is 219 Å². The molecule has 0 heterocycles. The number of esters is 1. The molecule has 0 radical (unpaired) electrons. The van der Waals surface area contributed by atoms with Crippen molar-refractivity contribution in [3.63, 3.8) is 0 Å². The van der Waals surface area contributed by atoms with Gasteiger partial charge in [-0.3, -0.25) is 9.59 Å². The van der Waals surface area contributed by atoms with Crippen LogP contribution >= 0.6 is 0 Å². The van der Waals surface area contributed by atoms with Crippen LogP contribution in [0.25, 0.3) is 0 Å². The zero-order chi connectivity index (χ0) is 25.5. The summed E-state index contributed by atoms with van der Waals surface area (Å²) in [6.07, 6.45) is 6.18. The average molecular weight is 494 g/mol. The van der Waals surface area contributed by atoms with E-state index in [1.807, 2.05) is 60.7 Å². The summed E-state index contributed by atoms with van der Waals surface area (Å²) in [6.45, 7) is 1.87. The van der Waals surface area contributed by atoms with E-state index in [0.717, 1.165) is 43.2 Å². The predicted octanol–water partition coefficient (Wildman–Crippen LogP) is 6.28. The van der Waals surface area contributed by atoms with Crippen LogP contribution in [0.3, 0.4) is 0 Å². The van der Waals surface area contributed by atoms with Gasteiger partial charge in [0.25, 0.3) is 5.91 Å². The van der Waals surface area contributed by atoms with Crippen molar-refractivity contribution >= 4 is 11.9 Å². The minimum atomic E-state index is -0.465. The van der Waals surface area contributed by atoms with Crippen molar-refractivity contribution in [2.75, 3.05) is 6.61 Å². The number of nitrogens with one attached hydrogen (secondary N) is 1. The first-order valence-electron chi connectivity index (χ1n) is 13.6. The summed E-state index contributed by atoms with van der Waals surface area (Å²) in [4.78, 5) is 26.7. The lowest BCUT2D eigenvalue weighted by molar-refractivity contribution is -0.175. The lowest BCUT2D eigenvalue weighted by Gasteiger charge is -2.61. The Morgan fingerprint density at radius 2 is 1.41 bits per heavy atom. The Morgan fingerprint density at radius 1 is 0.838 bits per heavy atom. The fraction of sp³-hybridized carbons (Fsp3) is 0.394. The van der Waals surface area contributed by atoms with Crippen LogP contribution in [0.2, 0.25) is 0 Å². The summed E-state index contributed by atoms with van der Waals surface area (Å²) in [7, 11) is 0. The smallest absolute Gasteiger partial charge is 0.312 e. The molecule has 0 saturated heterocycles. The van der Waals surface area contributed by atoms with Gasteiger partial charge in [0.1, 0.15) is 0 Å². The van der Waals surface area contributed by atoms with Gasteiger partial charge in [-0.25, -0.2) is 0 Å². The second kappa shape index (κ2) is 9.48. The topological polar surface area (TPSA) is 55.4 Å². The van der Waals surface area contributed by atoms with Gasteiger partial charge in [0.05, 0.1) is 11.5 Å². The van der Waals surface area contributed by atoms with Gasteiger partial charge < -0.3 is 10.1 Å². The van der Waals surface area contributed by atoms with Crippen LogP contribution in [0.4, 0.5) is 0 Å². The highest BCUT2D eigenvalue weighted by Gasteiger charge is 2.61. The van der Waals surface area contributed by atoms with Crippen LogP contribution in [0.5, 0.6) is 0 Å². The van der Waals surface area contributed by atoms with Crippen molar-refractivity contribution in [1.82, 2.24) is 5.32 Å². The van der Waals surface area contributed by atoms with Gasteiger partial charge in [0.15, 0.2) is 6.61 Å². The zero-order valence-electron chi connectivity index (χ0n) is 21.5. The largest absolute Gasteiger partial charge is 0.455 e. The molecule has 2 atom stereocenters. The van der Waals surface area contributed by atoms with E-state index in [2.05, 4.69) is 36.5 Å². The highest BCUT2D eigenvalue weighted by molar-refractivity contribution is 5.84. The van der Waals surface area contributed by atoms with E-state index in [0.29, 0.717) is 11.8 Å². The molecule has 0 aromatic heterocycles. The Balaban J connectivity index is 1.16. The van der Waals surface area contributed by atoms with Crippen molar-refractivity contribution in [3.8, 4) is 0 Å². The Kier molecular flexibility index (Phi) is 6.14. The molecule has 3 aromatic rings. The van der Waals surface area contributed by atoms with Crippen molar-refractivity contribution < 1.29 is 14.3 Å². The fourth-order valence-corrected chi connectivity index (χ4v) is 7.88. The summed E-state index contributed by atoms with van der Waals surface area (Å²) in [5, 5.41) is 3.10. The number of ether oxygens (including phenoxy) is 1. The summed E-state index contributed by atoms with van der Waals surface area (Å²) in [5.74, 6) is 0.669. The molecule has 37 heavy (non-hydrogen) atoms. The molecule has 0 aliphatic heterocycles. The maximum Gasteiger partial charge on any atom is 0.312 e. The molecule has 4 nitrogen and oxygen atoms in total. The first-order valence-corrected chi connectivity index (χ1v) is 13.6. The molecule has 4 heteroatoms. The minimum Gasteiger partial charge on any atom is -0.455 e. The zero-order valence-corrected chi connectivity index (χ0v) is 21.5. The predicted molar refractivity (Wildman–Crippen MR) is 144 cm³/mol. The summed E-state index contributed by atoms with van der Waals surface area (Å²) >= 11 is 0. The molecule has 1 amide bonds. The molecule has 7 rings (SSSR count). The van der Waals surface area contributed by atoms with Crippen LogP contribution in [-0.4, -0.2) is 18.5 Å². The molecule has 4 bridgehead atoms. The van der Waals surface area contributed by atoms with E-state index in [1.54, 1.807) is 0 Å². The number of carbonyl (C=O) groups excluding carboxylic acids is 2. The molecule has 2 unspecified atom stereocenters. The fourth-order valence-electron chi connectivity index (χ4n) is 7.88. The van der Waals surface area contributed by atoms with E-state index in [-0.39, 0.29) is 29.9 Å². The van der Waals surface area contributed by atoms with E-state index >= 15 is 0 Å². The van der Waals surface area contributed by atoms with Gasteiger partial charge in [-0.1, -0.05) is 90.5 Å². The molecule has 0 spiro atoms. The summed E-state index contributed by atoms with van der Waals surface area (Å²) in [6, 6.07) is 28.4. The monoisotopic (exact) mass is 493 g/mol. The molecule has 1 N–H and O–H groups in total. The number of amides is 1. The summed E-state index contributed by atoms with van der Waals surface area (Å²) < 4.78 is 5.81. The van der Waals surface area contributed by atoms with Gasteiger partial charge in [0, 0.05) is 0 Å². The molecule has 4 saturated carbocycles. The van der Waals surface area contributed by atoms with Crippen LogP contribution in [-0.2, 0) is 19.7 Å². The average Bonchev–Trinajstić information content (AvgIpc) is 2.91. The number of hydrogen-bond acceptors (Lipinski definition) is 3. The highest BCUT2D eigenvalue weighted by atomic mass is 16.5. The Hall–Kier alpha value is -3.40. The third kappa shape index (κ3) is 4.58. The summed E-state index contributed by atoms with van der Waals surface area (Å²) in [5.41, 5.74) is 4.22. The molecule has 3 aromatic carbocycles. The molecular formula is C33H35NO3. The lowest BCUT2D eigenvalue weighted by Crippen LogP contribution is -2.57. The first-order chi connectivity index (χ1) is 17.9. The van der Waals surface area contributed by atoms with E-state index in [4.69, 9.17) is 4.74 Å². The van der Waals surface area contributed by atoms with Crippen LogP contribution in [0.15, 0.2) is 84.9 Å². The maximum absolute atomic E-state index is 13.7. The molecule has 190 valence electrons. The van der Waals surface area contributed by atoms with Crippen LogP contribution in [0, 0.1) is 24.2 Å². The normalized spacial score (nSPS) is 27.7. The molecule has 4 aliphatic carbocycles. The molecular weight excluding hydrogens is 458 g/mol. The number of rotatable bonds is 7. The second-order valence-corrected chi connectivity index (χ2v) is 11.8. The second-order valence-electron chi connectivity index (χ2n) is 11.8. The van der Waals surface area contributed by atoms with Gasteiger partial charge in [-0.05, 0) is 79.4 Å². The van der Waals surface area contributed by atoms with Crippen molar-refractivity contribution in [2.24, 2.45) is 17.3 Å². The Bertz CT molecular complexity index is 1210. The number of benzene rings is 3. The van der Waals surface area contributed by atoms with Gasteiger partial charge >= 0.3 is 5.97 Å². The van der Waals surface area contributed by atoms with Crippen molar-refractivity contribution in [1.29, 1.82) is 0 Å². The quantitative estimate of drug-likeness (QED) is 0.394. The number of hydrogen-bond donors (Lipinski definition) is 1. The highest BCUT2D eigenvalue weighted by Crippen LogP contribution is 2.66. The van der Waals surface area contributed by atoms with Gasteiger partial charge in [-0.15, -0.1) is 0 Å². The third-order valence-corrected chi connectivity index (χ3v) is 9.06. The third-order valence-electron chi connectivity index (χ3n) is 9.06. The minimum absolute atomic E-state index is 0.0603. The lowest BCUT2D eigenvalue weighted by atomic mass is 9.43. The van der Waals surface area contributed by atoms with Gasteiger partial charge in [-0.2, -0.15) is 0 Å². The Morgan fingerprint density at radius 3 is 1.97 bits per heavy atom. The molecule has 4 fully saturated rings. The van der Waals surface area contributed by atoms with Crippen molar-refractivity contribution in [3.05, 3.63) is 107 Å². The number of aryl methyl sites for hydroxylation is 1. The molecule has 4 aliphatic rings. The van der Waals surface area contributed by atoms with Crippen molar-refractivity contribution in [2.45, 2.75) is 56.9 Å².